The van der Waals surface area contributed by atoms with Crippen LogP contribution in [0.15, 0.2) is 17.2 Å². The monoisotopic (exact) mass is 413 g/mol. The van der Waals surface area contributed by atoms with Crippen LogP contribution in [0.25, 0.3) is 0 Å². The zero-order chi connectivity index (χ0) is 20.0. The van der Waals surface area contributed by atoms with Crippen LogP contribution in [0.3, 0.4) is 0 Å². The molecule has 0 saturated heterocycles. The van der Waals surface area contributed by atoms with Crippen molar-refractivity contribution >= 4 is 32.4 Å². The van der Waals surface area contributed by atoms with Crippen LogP contribution >= 0.6 is 11.3 Å². The Labute approximate surface area is 164 Å². The number of sulfonamides is 1. The Morgan fingerprint density at radius 3 is 2.56 bits per heavy atom. The molecule has 0 atom stereocenters. The van der Waals surface area contributed by atoms with Crippen LogP contribution in [0.2, 0.25) is 0 Å². The molecule has 0 aliphatic rings. The summed E-state index contributed by atoms with van der Waals surface area (Å²) in [7, 11) is -1.97. The van der Waals surface area contributed by atoms with E-state index in [9.17, 15) is 13.2 Å². The average Bonchev–Trinajstić information content (AvgIpc) is 3.23. The number of nitrogens with zero attached hydrogens (tertiary/aromatic N) is 4. The lowest BCUT2D eigenvalue weighted by atomic mass is 10.2. The number of carbonyl (C=O) groups excluding carboxylic acids is 1. The second kappa shape index (κ2) is 9.43. The smallest absolute Gasteiger partial charge is 0.274 e. The van der Waals surface area contributed by atoms with E-state index in [0.29, 0.717) is 18.2 Å². The lowest BCUT2D eigenvalue weighted by Gasteiger charge is -2.17. The molecule has 0 radical (unpaired) electrons. The molecule has 0 fully saturated rings. The third-order valence-electron chi connectivity index (χ3n) is 4.24. The highest BCUT2D eigenvalue weighted by molar-refractivity contribution is 7.89. The van der Waals surface area contributed by atoms with Gasteiger partial charge < -0.3 is 4.57 Å². The van der Waals surface area contributed by atoms with Gasteiger partial charge in [0.25, 0.3) is 5.91 Å². The predicted molar refractivity (Wildman–Crippen MR) is 107 cm³/mol. The maximum Gasteiger partial charge on any atom is 0.274 e. The van der Waals surface area contributed by atoms with Crippen molar-refractivity contribution < 1.29 is 13.2 Å². The molecule has 2 rings (SSSR count). The van der Waals surface area contributed by atoms with Crippen molar-refractivity contribution in [3.63, 3.8) is 0 Å². The van der Waals surface area contributed by atoms with Gasteiger partial charge >= 0.3 is 0 Å². The zero-order valence-corrected chi connectivity index (χ0v) is 17.9. The van der Waals surface area contributed by atoms with Crippen molar-refractivity contribution in [2.75, 3.05) is 18.4 Å². The number of aromatic nitrogens is 3. The molecule has 2 aromatic rings. The molecule has 0 saturated carbocycles. The topological polar surface area (TPSA) is 97.2 Å². The molecule has 0 bridgehead atoms. The van der Waals surface area contributed by atoms with Gasteiger partial charge in [0.2, 0.25) is 15.2 Å². The van der Waals surface area contributed by atoms with Crippen molar-refractivity contribution in [3.8, 4) is 0 Å². The molecular weight excluding hydrogens is 386 g/mol. The quantitative estimate of drug-likeness (QED) is 0.604. The van der Waals surface area contributed by atoms with E-state index in [1.54, 1.807) is 20.9 Å². The molecule has 0 aliphatic heterocycles. The third-order valence-corrected chi connectivity index (χ3v) is 7.15. The molecule has 0 spiro atoms. The average molecular weight is 414 g/mol. The summed E-state index contributed by atoms with van der Waals surface area (Å²) in [4.78, 5) is 12.7. The van der Waals surface area contributed by atoms with E-state index in [1.165, 1.54) is 32.5 Å². The van der Waals surface area contributed by atoms with Crippen molar-refractivity contribution in [1.82, 2.24) is 19.1 Å². The first-order valence-electron chi connectivity index (χ1n) is 9.13. The fourth-order valence-corrected chi connectivity index (χ4v) is 5.01. The molecule has 27 heavy (non-hydrogen) atoms. The van der Waals surface area contributed by atoms with E-state index in [1.807, 2.05) is 0 Å². The summed E-state index contributed by atoms with van der Waals surface area (Å²) in [6.07, 6.45) is 5.61. The molecule has 2 heterocycles. The highest BCUT2D eigenvalue weighted by Crippen LogP contribution is 2.21. The van der Waals surface area contributed by atoms with E-state index in [0.717, 1.165) is 30.7 Å². The first-order valence-corrected chi connectivity index (χ1v) is 11.4. The number of unbranched alkanes of at least 4 members (excludes halogenated alkanes) is 2. The fraction of sp³-hybridized carbons (Fsp3) is 0.588. The van der Waals surface area contributed by atoms with Gasteiger partial charge in [0.15, 0.2) is 0 Å². The SMILES string of the molecule is CCCCCc1nnc(NC(=O)c2cc(S(=O)(=O)N(CC)CC)cn2C)s1. The van der Waals surface area contributed by atoms with Gasteiger partial charge in [0, 0.05) is 32.8 Å². The third kappa shape index (κ3) is 5.14. The number of rotatable bonds is 10. The standard InChI is InChI=1S/C17H27N5O3S2/c1-5-8-9-10-15-19-20-17(26-15)18-16(23)14-11-13(12-21(14)4)27(24,25)22(6-2)7-3/h11-12H,5-10H2,1-4H3,(H,18,20,23). The molecule has 1 N–H and O–H groups in total. The van der Waals surface area contributed by atoms with Gasteiger partial charge in [0.05, 0.1) is 0 Å². The van der Waals surface area contributed by atoms with Crippen LogP contribution in [0.1, 0.15) is 55.5 Å². The Hall–Kier alpha value is -1.78. The van der Waals surface area contributed by atoms with Crippen LogP contribution in [-0.2, 0) is 23.5 Å². The van der Waals surface area contributed by atoms with Crippen LogP contribution < -0.4 is 5.32 Å². The van der Waals surface area contributed by atoms with E-state index >= 15 is 0 Å². The molecule has 2 aromatic heterocycles. The van der Waals surface area contributed by atoms with Gasteiger partial charge in [-0.05, 0) is 12.5 Å². The Morgan fingerprint density at radius 2 is 1.93 bits per heavy atom. The number of aryl methyl sites for hydroxylation is 2. The second-order valence-corrected chi connectivity index (χ2v) is 9.17. The van der Waals surface area contributed by atoms with Crippen LogP contribution in [0, 0.1) is 0 Å². The van der Waals surface area contributed by atoms with Crippen LogP contribution in [0.4, 0.5) is 5.13 Å². The van der Waals surface area contributed by atoms with Crippen molar-refractivity contribution in [2.45, 2.75) is 51.3 Å². The van der Waals surface area contributed by atoms with Crippen LogP contribution in [-0.4, -0.2) is 46.5 Å². The van der Waals surface area contributed by atoms with E-state index in [4.69, 9.17) is 0 Å². The molecule has 10 heteroatoms. The van der Waals surface area contributed by atoms with Gasteiger partial charge in [-0.2, -0.15) is 4.31 Å². The Kier molecular flexibility index (Phi) is 7.51. The van der Waals surface area contributed by atoms with Crippen molar-refractivity contribution in [2.24, 2.45) is 7.05 Å². The van der Waals surface area contributed by atoms with E-state index in [2.05, 4.69) is 22.4 Å². The molecule has 0 aliphatic carbocycles. The lowest BCUT2D eigenvalue weighted by Crippen LogP contribution is -2.30. The number of carbonyl (C=O) groups is 1. The summed E-state index contributed by atoms with van der Waals surface area (Å²) in [6.45, 7) is 6.46. The minimum absolute atomic E-state index is 0.108. The summed E-state index contributed by atoms with van der Waals surface area (Å²) in [5, 5.41) is 12.1. The first kappa shape index (κ1) is 21.5. The van der Waals surface area contributed by atoms with Crippen molar-refractivity contribution in [3.05, 3.63) is 23.0 Å². The maximum atomic E-state index is 12.6. The lowest BCUT2D eigenvalue weighted by molar-refractivity contribution is 0.101. The van der Waals surface area contributed by atoms with Crippen LogP contribution in [0.5, 0.6) is 0 Å². The fourth-order valence-electron chi connectivity index (χ4n) is 2.71. The predicted octanol–water partition coefficient (Wildman–Crippen LogP) is 2.89. The summed E-state index contributed by atoms with van der Waals surface area (Å²) in [5.41, 5.74) is 0.253. The first-order chi connectivity index (χ1) is 12.8. The largest absolute Gasteiger partial charge is 0.345 e. The maximum absolute atomic E-state index is 12.6. The number of anilines is 1. The summed E-state index contributed by atoms with van der Waals surface area (Å²) >= 11 is 1.35. The van der Waals surface area contributed by atoms with E-state index < -0.39 is 15.9 Å². The molecule has 1 amide bonds. The highest BCUT2D eigenvalue weighted by Gasteiger charge is 2.25. The highest BCUT2D eigenvalue weighted by atomic mass is 32.2. The van der Waals surface area contributed by atoms with Gasteiger partial charge in [-0.25, -0.2) is 8.42 Å². The van der Waals surface area contributed by atoms with Gasteiger partial charge in [0.1, 0.15) is 15.6 Å². The Balaban J connectivity index is 2.13. The molecular formula is C17H27N5O3S2. The summed E-state index contributed by atoms with van der Waals surface area (Å²) in [6, 6.07) is 1.40. The van der Waals surface area contributed by atoms with E-state index in [-0.39, 0.29) is 10.6 Å². The number of hydrogen-bond acceptors (Lipinski definition) is 6. The zero-order valence-electron chi connectivity index (χ0n) is 16.2. The minimum atomic E-state index is -3.61. The molecule has 0 unspecified atom stereocenters. The van der Waals surface area contributed by atoms with Crippen molar-refractivity contribution in [1.29, 1.82) is 0 Å². The number of amides is 1. The van der Waals surface area contributed by atoms with Gasteiger partial charge in [-0.15, -0.1) is 10.2 Å². The summed E-state index contributed by atoms with van der Waals surface area (Å²) < 4.78 is 28.1. The Morgan fingerprint density at radius 1 is 1.22 bits per heavy atom. The molecule has 150 valence electrons. The van der Waals surface area contributed by atoms with Gasteiger partial charge in [-0.3, -0.25) is 10.1 Å². The van der Waals surface area contributed by atoms with Gasteiger partial charge in [-0.1, -0.05) is 44.9 Å². The minimum Gasteiger partial charge on any atom is -0.345 e. The second-order valence-electron chi connectivity index (χ2n) is 6.17. The Bertz CT molecular complexity index is 869. The number of nitrogens with one attached hydrogen (secondary N) is 1. The normalized spacial score (nSPS) is 11.9. The summed E-state index contributed by atoms with van der Waals surface area (Å²) in [5.74, 6) is -0.408. The number of hydrogen-bond donors (Lipinski definition) is 1. The molecule has 8 nitrogen and oxygen atoms in total. The molecule has 0 aromatic carbocycles.